The van der Waals surface area contributed by atoms with Crippen molar-refractivity contribution in [2.75, 3.05) is 20.4 Å². The molecule has 0 aliphatic carbocycles. The van der Waals surface area contributed by atoms with Gasteiger partial charge >= 0.3 is 0 Å². The molecule has 2 rings (SSSR count). The van der Waals surface area contributed by atoms with Gasteiger partial charge in [-0.3, -0.25) is 0 Å². The Bertz CT molecular complexity index is 521. The summed E-state index contributed by atoms with van der Waals surface area (Å²) in [5.74, 6) is 0.612. The summed E-state index contributed by atoms with van der Waals surface area (Å²) in [7, 11) is 4.28. The summed E-state index contributed by atoms with van der Waals surface area (Å²) in [4.78, 5) is 2.24. The number of thioether (sulfide) groups is 1. The summed E-state index contributed by atoms with van der Waals surface area (Å²) in [6.45, 7) is 4.63. The number of hydrogen-bond donors (Lipinski definition) is 0. The van der Waals surface area contributed by atoms with Gasteiger partial charge in [0.25, 0.3) is 0 Å². The van der Waals surface area contributed by atoms with E-state index in [2.05, 4.69) is 80.1 Å². The summed E-state index contributed by atoms with van der Waals surface area (Å²) in [6.07, 6.45) is 5.60. The van der Waals surface area contributed by atoms with Crippen LogP contribution in [0.4, 0.5) is 5.69 Å². The molecule has 1 atom stereocenters. The van der Waals surface area contributed by atoms with Crippen LogP contribution < -0.4 is 24.0 Å². The van der Waals surface area contributed by atoms with Crippen molar-refractivity contribution in [1.82, 2.24) is 4.90 Å². The summed E-state index contributed by atoms with van der Waals surface area (Å²) in [5.41, 5.74) is 2.71. The maximum Gasteiger partial charge on any atom is 0.242 e. The fourth-order valence-electron chi connectivity index (χ4n) is 2.65. The lowest BCUT2D eigenvalue weighted by Gasteiger charge is -2.28. The van der Waals surface area contributed by atoms with Crippen molar-refractivity contribution in [3.05, 3.63) is 42.1 Å². The molecule has 1 aromatic rings. The number of nitrogens with zero attached hydrogens (tertiary/aromatic N) is 2. The molecule has 0 spiro atoms. The number of benzene rings is 1. The minimum atomic E-state index is 0. The van der Waals surface area contributed by atoms with E-state index in [-0.39, 0.29) is 24.0 Å². The number of para-hydroxylation sites is 1. The van der Waals surface area contributed by atoms with E-state index in [1.54, 1.807) is 0 Å². The van der Waals surface area contributed by atoms with Crippen molar-refractivity contribution in [1.29, 1.82) is 0 Å². The molecule has 1 unspecified atom stereocenters. The molecule has 1 heterocycles. The summed E-state index contributed by atoms with van der Waals surface area (Å²) in [5, 5.41) is 1.34. The van der Waals surface area contributed by atoms with Gasteiger partial charge in [-0.1, -0.05) is 43.8 Å². The molecule has 0 N–H and O–H groups in total. The largest absolute Gasteiger partial charge is 1.00 e. The van der Waals surface area contributed by atoms with Crippen LogP contribution >= 0.6 is 11.8 Å². The van der Waals surface area contributed by atoms with E-state index in [4.69, 9.17) is 0 Å². The van der Waals surface area contributed by atoms with Crippen LogP contribution in [0, 0.1) is 5.92 Å². The van der Waals surface area contributed by atoms with Gasteiger partial charge in [0.1, 0.15) is 0 Å². The van der Waals surface area contributed by atoms with Gasteiger partial charge in [0.05, 0.1) is 6.42 Å². The molecular formula is C17H25IN2S. The van der Waals surface area contributed by atoms with E-state index in [0.717, 1.165) is 6.42 Å². The molecule has 1 aromatic carbocycles. The molecule has 0 amide bonds. The van der Waals surface area contributed by atoms with Crippen molar-refractivity contribution in [2.24, 2.45) is 5.92 Å². The third kappa shape index (κ3) is 4.25. The standard InChI is InChI=1S/C17H25N2S.HI/c1-13(2)16-11-15(18(3)4)12-17(20-5)19(16)14-9-7-6-8-10-14;/h6-10,12-13,16H,11H2,1-5H3;1H/q+1;/p-1. The lowest BCUT2D eigenvalue weighted by atomic mass is 9.95. The Morgan fingerprint density at radius 2 is 1.81 bits per heavy atom. The smallest absolute Gasteiger partial charge is 0.242 e. The first-order valence-electron chi connectivity index (χ1n) is 7.17. The zero-order valence-corrected chi connectivity index (χ0v) is 16.5. The monoisotopic (exact) mass is 416 g/mol. The van der Waals surface area contributed by atoms with Crippen LogP contribution in [0.25, 0.3) is 0 Å². The van der Waals surface area contributed by atoms with Crippen LogP contribution in [0.5, 0.6) is 0 Å². The summed E-state index contributed by atoms with van der Waals surface area (Å²) in [6, 6.07) is 11.3. The molecule has 0 fully saturated rings. The Labute approximate surface area is 150 Å². The fraction of sp³-hybridized carbons (Fsp3) is 0.471. The van der Waals surface area contributed by atoms with Crippen LogP contribution in [-0.2, 0) is 0 Å². The van der Waals surface area contributed by atoms with Gasteiger partial charge < -0.3 is 28.9 Å². The lowest BCUT2D eigenvalue weighted by molar-refractivity contribution is -0.492. The molecule has 21 heavy (non-hydrogen) atoms. The zero-order valence-electron chi connectivity index (χ0n) is 13.5. The topological polar surface area (TPSA) is 6.25 Å². The lowest BCUT2D eigenvalue weighted by Crippen LogP contribution is -3.00. The molecular weight excluding hydrogens is 391 g/mol. The molecule has 2 nitrogen and oxygen atoms in total. The number of halogens is 1. The Morgan fingerprint density at radius 3 is 2.29 bits per heavy atom. The van der Waals surface area contributed by atoms with Gasteiger partial charge in [-0.15, -0.1) is 0 Å². The first-order chi connectivity index (χ1) is 9.54. The number of rotatable bonds is 3. The molecule has 0 bridgehead atoms. The van der Waals surface area contributed by atoms with E-state index in [0.29, 0.717) is 12.0 Å². The average molecular weight is 416 g/mol. The molecule has 0 saturated carbocycles. The highest BCUT2D eigenvalue weighted by molar-refractivity contribution is 8.13. The normalized spacial score (nSPS) is 18.4. The van der Waals surface area contributed by atoms with Crippen LogP contribution in [0.2, 0.25) is 0 Å². The third-order valence-electron chi connectivity index (χ3n) is 3.86. The quantitative estimate of drug-likeness (QED) is 0.535. The Hall–Kier alpha value is -0.490. The highest BCUT2D eigenvalue weighted by Crippen LogP contribution is 2.30. The Kier molecular flexibility index (Phi) is 7.27. The zero-order chi connectivity index (χ0) is 14.7. The van der Waals surface area contributed by atoms with Crippen molar-refractivity contribution in [3.63, 3.8) is 0 Å². The maximum atomic E-state index is 2.50. The highest BCUT2D eigenvalue weighted by Gasteiger charge is 2.34. The molecule has 0 radical (unpaired) electrons. The molecule has 0 aromatic heterocycles. The van der Waals surface area contributed by atoms with Gasteiger partial charge in [-0.2, -0.15) is 4.58 Å². The predicted octanol–water partition coefficient (Wildman–Crippen LogP) is 0.970. The highest BCUT2D eigenvalue weighted by atomic mass is 127. The maximum absolute atomic E-state index is 2.50. The van der Waals surface area contributed by atoms with Crippen LogP contribution in [0.1, 0.15) is 20.3 Å². The van der Waals surface area contributed by atoms with Crippen LogP contribution in [-0.4, -0.2) is 40.9 Å². The van der Waals surface area contributed by atoms with Gasteiger partial charge in [-0.25, -0.2) is 0 Å². The Morgan fingerprint density at radius 1 is 1.19 bits per heavy atom. The first-order valence-corrected chi connectivity index (χ1v) is 8.40. The van der Waals surface area contributed by atoms with Gasteiger partial charge in [0.2, 0.25) is 10.7 Å². The molecule has 4 heteroatoms. The fourth-order valence-corrected chi connectivity index (χ4v) is 3.34. The van der Waals surface area contributed by atoms with Crippen LogP contribution in [0.15, 0.2) is 42.1 Å². The second-order valence-electron chi connectivity index (χ2n) is 5.79. The van der Waals surface area contributed by atoms with Crippen molar-refractivity contribution in [2.45, 2.75) is 26.3 Å². The third-order valence-corrected chi connectivity index (χ3v) is 4.60. The van der Waals surface area contributed by atoms with E-state index in [1.807, 2.05) is 11.8 Å². The van der Waals surface area contributed by atoms with Crippen molar-refractivity contribution >= 4 is 22.5 Å². The van der Waals surface area contributed by atoms with E-state index < -0.39 is 0 Å². The molecule has 1 aliphatic rings. The second kappa shape index (κ2) is 8.22. The second-order valence-corrected chi connectivity index (χ2v) is 6.62. The van der Waals surface area contributed by atoms with E-state index in [1.165, 1.54) is 16.4 Å². The van der Waals surface area contributed by atoms with Crippen molar-refractivity contribution < 1.29 is 28.6 Å². The molecule has 1 aliphatic heterocycles. The minimum Gasteiger partial charge on any atom is -1.00 e. The SMILES string of the molecule is CSC1=[N+](c2ccccc2)C(C(C)C)CC(N(C)C)=C1.[I-]. The van der Waals surface area contributed by atoms with E-state index in [9.17, 15) is 0 Å². The average Bonchev–Trinajstić information content (AvgIpc) is 2.46. The minimum absolute atomic E-state index is 0. The predicted molar refractivity (Wildman–Crippen MR) is 89.9 cm³/mol. The first kappa shape index (κ1) is 18.6. The summed E-state index contributed by atoms with van der Waals surface area (Å²) < 4.78 is 2.50. The van der Waals surface area contributed by atoms with Crippen LogP contribution in [0.3, 0.4) is 0 Å². The molecule has 0 saturated heterocycles. The molecule has 116 valence electrons. The number of hydrogen-bond acceptors (Lipinski definition) is 2. The van der Waals surface area contributed by atoms with Gasteiger partial charge in [0, 0.05) is 43.9 Å². The van der Waals surface area contributed by atoms with Gasteiger partial charge in [-0.05, 0) is 6.26 Å². The summed E-state index contributed by atoms with van der Waals surface area (Å²) >= 11 is 1.83. The Balaban J connectivity index is 0.00000220. The van der Waals surface area contributed by atoms with Crippen molar-refractivity contribution in [3.8, 4) is 0 Å². The van der Waals surface area contributed by atoms with E-state index >= 15 is 0 Å². The van der Waals surface area contributed by atoms with Gasteiger partial charge in [0.15, 0.2) is 6.04 Å².